The fourth-order valence-corrected chi connectivity index (χ4v) is 2.96. The van der Waals surface area contributed by atoms with Crippen LogP contribution < -0.4 is 5.73 Å². The molecule has 0 fully saturated rings. The molecule has 2 heterocycles. The molecule has 0 saturated heterocycles. The molecule has 0 aliphatic carbocycles. The van der Waals surface area contributed by atoms with Gasteiger partial charge in [0.25, 0.3) is 0 Å². The second-order valence-corrected chi connectivity index (χ2v) is 5.55. The minimum atomic E-state index is -0.242. The van der Waals surface area contributed by atoms with Crippen molar-refractivity contribution in [2.24, 2.45) is 0 Å². The zero-order chi connectivity index (χ0) is 14.8. The first-order chi connectivity index (χ1) is 10.2. The van der Waals surface area contributed by atoms with Crippen molar-refractivity contribution < 1.29 is 4.79 Å². The first kappa shape index (κ1) is 13.3. The van der Waals surface area contributed by atoms with Crippen LogP contribution in [0.1, 0.15) is 21.8 Å². The number of nitrogens with zero attached hydrogens (tertiary/aromatic N) is 4. The maximum absolute atomic E-state index is 12.1. The smallest absolute Gasteiger partial charge is 0.249 e. The molecule has 104 valence electrons. The van der Waals surface area contributed by atoms with E-state index in [1.54, 1.807) is 11.3 Å². The summed E-state index contributed by atoms with van der Waals surface area (Å²) in [5.41, 5.74) is 6.84. The third kappa shape index (κ3) is 2.49. The van der Waals surface area contributed by atoms with Gasteiger partial charge >= 0.3 is 0 Å². The van der Waals surface area contributed by atoms with Crippen LogP contribution in [0.15, 0.2) is 30.5 Å². The summed E-state index contributed by atoms with van der Waals surface area (Å²) in [6, 6.07) is 9.74. The van der Waals surface area contributed by atoms with Gasteiger partial charge in [-0.15, -0.1) is 11.3 Å². The molecule has 0 spiro atoms. The maximum Gasteiger partial charge on any atom is 0.249 e. The van der Waals surface area contributed by atoms with Crippen LogP contribution in [0.5, 0.6) is 0 Å². The van der Waals surface area contributed by atoms with Gasteiger partial charge in [0.1, 0.15) is 17.5 Å². The third-order valence-electron chi connectivity index (χ3n) is 3.05. The number of nitrogens with two attached hydrogens (primary N) is 1. The van der Waals surface area contributed by atoms with E-state index in [1.165, 1.54) is 6.20 Å². The molecule has 0 aliphatic heterocycles. The Morgan fingerprint density at radius 2 is 2.24 bits per heavy atom. The van der Waals surface area contributed by atoms with Crippen LogP contribution in [0.3, 0.4) is 0 Å². The Morgan fingerprint density at radius 1 is 1.43 bits per heavy atom. The summed E-state index contributed by atoms with van der Waals surface area (Å²) in [5, 5.41) is 13.5. The fourth-order valence-electron chi connectivity index (χ4n) is 1.99. The minimum absolute atomic E-state index is 0.0896. The Kier molecular flexibility index (Phi) is 3.38. The number of hydrogen-bond donors (Lipinski definition) is 1. The first-order valence-corrected chi connectivity index (χ1v) is 7.12. The molecule has 2 aromatic heterocycles. The van der Waals surface area contributed by atoms with Crippen molar-refractivity contribution in [3.05, 3.63) is 41.0 Å². The van der Waals surface area contributed by atoms with E-state index in [2.05, 4.69) is 10.1 Å². The van der Waals surface area contributed by atoms with Gasteiger partial charge < -0.3 is 5.73 Å². The molecule has 0 unspecified atom stereocenters. The van der Waals surface area contributed by atoms with E-state index in [0.29, 0.717) is 6.42 Å². The van der Waals surface area contributed by atoms with Crippen molar-refractivity contribution in [3.8, 4) is 6.07 Å². The molecule has 0 atom stereocenters. The van der Waals surface area contributed by atoms with Crippen molar-refractivity contribution in [3.63, 3.8) is 0 Å². The van der Waals surface area contributed by atoms with Crippen LogP contribution in [-0.4, -0.2) is 20.7 Å². The summed E-state index contributed by atoms with van der Waals surface area (Å²) in [4.78, 5) is 16.5. The zero-order valence-corrected chi connectivity index (χ0v) is 11.8. The summed E-state index contributed by atoms with van der Waals surface area (Å²) in [5.74, 6) is -0.153. The molecule has 6 nitrogen and oxygen atoms in total. The van der Waals surface area contributed by atoms with Crippen molar-refractivity contribution >= 4 is 33.3 Å². The number of aryl methyl sites for hydroxylation is 1. The monoisotopic (exact) mass is 297 g/mol. The fraction of sp³-hybridized carbons (Fsp3) is 0.143. The van der Waals surface area contributed by atoms with Gasteiger partial charge in [-0.05, 0) is 12.1 Å². The van der Waals surface area contributed by atoms with E-state index in [9.17, 15) is 4.79 Å². The second kappa shape index (κ2) is 5.34. The molecule has 0 aliphatic rings. The number of rotatable bonds is 3. The lowest BCUT2D eigenvalue weighted by Crippen LogP contribution is -2.15. The van der Waals surface area contributed by atoms with Gasteiger partial charge in [0.05, 0.1) is 21.4 Å². The van der Waals surface area contributed by atoms with E-state index in [-0.39, 0.29) is 23.7 Å². The number of carbonyl (C=O) groups excluding carboxylic acids is 1. The molecule has 0 bridgehead atoms. The number of nitriles is 1. The highest BCUT2D eigenvalue weighted by Crippen LogP contribution is 2.22. The Bertz CT molecular complexity index is 825. The van der Waals surface area contributed by atoms with Gasteiger partial charge in [0.15, 0.2) is 0 Å². The summed E-state index contributed by atoms with van der Waals surface area (Å²) >= 11 is 1.57. The number of nitrogen functional groups attached to an aromatic ring is 1. The first-order valence-electron chi connectivity index (χ1n) is 6.30. The number of hydrogen-bond acceptors (Lipinski definition) is 6. The lowest BCUT2D eigenvalue weighted by Gasteiger charge is -2.01. The predicted molar refractivity (Wildman–Crippen MR) is 79.9 cm³/mol. The zero-order valence-electron chi connectivity index (χ0n) is 11.0. The van der Waals surface area contributed by atoms with Gasteiger partial charge in [-0.2, -0.15) is 15.0 Å². The average Bonchev–Trinajstić information content (AvgIpc) is 3.07. The van der Waals surface area contributed by atoms with Gasteiger partial charge in [-0.3, -0.25) is 4.79 Å². The number of para-hydroxylation sites is 1. The molecule has 21 heavy (non-hydrogen) atoms. The highest BCUT2D eigenvalue weighted by molar-refractivity contribution is 7.18. The number of benzene rings is 1. The van der Waals surface area contributed by atoms with Gasteiger partial charge in [-0.1, -0.05) is 12.1 Å². The molecule has 7 heteroatoms. The normalized spacial score (nSPS) is 10.6. The van der Waals surface area contributed by atoms with Crippen LogP contribution in [0.2, 0.25) is 0 Å². The van der Waals surface area contributed by atoms with Crippen molar-refractivity contribution in [1.29, 1.82) is 5.26 Å². The quantitative estimate of drug-likeness (QED) is 0.799. The van der Waals surface area contributed by atoms with Crippen LogP contribution >= 0.6 is 11.3 Å². The average molecular weight is 297 g/mol. The number of fused-ring (bicyclic) bond motifs is 1. The molecular weight excluding hydrogens is 286 g/mol. The number of thiazole rings is 1. The van der Waals surface area contributed by atoms with Crippen molar-refractivity contribution in [2.45, 2.75) is 12.8 Å². The van der Waals surface area contributed by atoms with E-state index in [0.717, 1.165) is 19.9 Å². The van der Waals surface area contributed by atoms with Gasteiger partial charge in [0.2, 0.25) is 5.91 Å². The molecule has 3 rings (SSSR count). The number of carbonyl (C=O) groups is 1. The van der Waals surface area contributed by atoms with Crippen LogP contribution in [0, 0.1) is 11.3 Å². The third-order valence-corrected chi connectivity index (χ3v) is 4.15. The van der Waals surface area contributed by atoms with Crippen LogP contribution in [-0.2, 0) is 6.42 Å². The van der Waals surface area contributed by atoms with Crippen LogP contribution in [0.25, 0.3) is 10.2 Å². The summed E-state index contributed by atoms with van der Waals surface area (Å²) in [6.45, 7) is 0. The molecular formula is C14H11N5OS. The van der Waals surface area contributed by atoms with Gasteiger partial charge in [-0.25, -0.2) is 4.98 Å². The van der Waals surface area contributed by atoms with Crippen LogP contribution in [0.4, 0.5) is 5.82 Å². The standard InChI is InChI=1S/C14H11N5OS/c15-7-9-8-17-19(14(9)16)13(20)6-5-12-18-10-3-1-2-4-11(10)21-12/h1-4,8H,5-6,16H2. The van der Waals surface area contributed by atoms with E-state index < -0.39 is 0 Å². The largest absolute Gasteiger partial charge is 0.382 e. The maximum atomic E-state index is 12.1. The molecule has 0 saturated carbocycles. The van der Waals surface area contributed by atoms with Gasteiger partial charge in [0, 0.05) is 12.8 Å². The highest BCUT2D eigenvalue weighted by atomic mass is 32.1. The Balaban J connectivity index is 1.73. The lowest BCUT2D eigenvalue weighted by atomic mass is 10.3. The van der Waals surface area contributed by atoms with E-state index in [1.807, 2.05) is 30.3 Å². The summed E-state index contributed by atoms with van der Waals surface area (Å²) in [6.07, 6.45) is 2.07. The van der Waals surface area contributed by atoms with E-state index in [4.69, 9.17) is 11.0 Å². The SMILES string of the molecule is N#Cc1cnn(C(=O)CCc2nc3ccccc3s2)c1N. The molecule has 1 aromatic carbocycles. The number of anilines is 1. The minimum Gasteiger partial charge on any atom is -0.382 e. The molecule has 0 amide bonds. The Hall–Kier alpha value is -2.72. The van der Waals surface area contributed by atoms with Crippen molar-refractivity contribution in [2.75, 3.05) is 5.73 Å². The Labute approximate surface area is 124 Å². The number of aromatic nitrogens is 3. The predicted octanol–water partition coefficient (Wildman–Crippen LogP) is 2.22. The summed E-state index contributed by atoms with van der Waals surface area (Å²) in [7, 11) is 0. The lowest BCUT2D eigenvalue weighted by molar-refractivity contribution is 0.0890. The molecule has 2 N–H and O–H groups in total. The second-order valence-electron chi connectivity index (χ2n) is 4.44. The topological polar surface area (TPSA) is 97.6 Å². The van der Waals surface area contributed by atoms with Crippen molar-refractivity contribution in [1.82, 2.24) is 14.8 Å². The Morgan fingerprint density at radius 3 is 2.95 bits per heavy atom. The molecule has 0 radical (unpaired) electrons. The summed E-state index contributed by atoms with van der Waals surface area (Å²) < 4.78 is 2.18. The molecule has 3 aromatic rings. The van der Waals surface area contributed by atoms with E-state index >= 15 is 0 Å². The highest BCUT2D eigenvalue weighted by Gasteiger charge is 2.14.